The van der Waals surface area contributed by atoms with Crippen LogP contribution in [-0.4, -0.2) is 33.4 Å². The van der Waals surface area contributed by atoms with Crippen LogP contribution in [0.25, 0.3) is 10.9 Å². The maximum absolute atomic E-state index is 11.9. The number of fused-ring (bicyclic) bond motifs is 1. The molecule has 90 valence electrons. The van der Waals surface area contributed by atoms with Crippen molar-refractivity contribution in [3.05, 3.63) is 30.0 Å². The number of aliphatic hydroxyl groups is 1. The van der Waals surface area contributed by atoms with Crippen molar-refractivity contribution in [2.24, 2.45) is 0 Å². The zero-order chi connectivity index (χ0) is 12.5. The van der Waals surface area contributed by atoms with E-state index in [1.54, 1.807) is 32.2 Å². The third-order valence-electron chi connectivity index (χ3n) is 2.55. The van der Waals surface area contributed by atoms with Crippen LogP contribution in [0.4, 0.5) is 0 Å². The van der Waals surface area contributed by atoms with Crippen LogP contribution >= 0.6 is 0 Å². The first-order valence-electron chi connectivity index (χ1n) is 5.38. The molecule has 0 radical (unpaired) electrons. The largest absolute Gasteiger partial charge is 0.394 e. The number of carbonyl (C=O) groups excluding carboxylic acids is 1. The van der Waals surface area contributed by atoms with Crippen LogP contribution in [0.2, 0.25) is 0 Å². The topological polar surface area (TPSA) is 78.0 Å². The number of aromatic nitrogens is 2. The van der Waals surface area contributed by atoms with E-state index < -0.39 is 5.54 Å². The van der Waals surface area contributed by atoms with Gasteiger partial charge in [-0.05, 0) is 32.0 Å². The molecule has 0 aliphatic rings. The van der Waals surface area contributed by atoms with E-state index in [-0.39, 0.29) is 12.5 Å². The van der Waals surface area contributed by atoms with Gasteiger partial charge in [0.15, 0.2) is 0 Å². The average molecular weight is 233 g/mol. The summed E-state index contributed by atoms with van der Waals surface area (Å²) < 4.78 is 0. The van der Waals surface area contributed by atoms with Crippen LogP contribution in [-0.2, 0) is 0 Å². The second kappa shape index (κ2) is 4.18. The smallest absolute Gasteiger partial charge is 0.251 e. The first-order chi connectivity index (χ1) is 8.02. The van der Waals surface area contributed by atoms with E-state index in [1.165, 1.54) is 0 Å². The van der Waals surface area contributed by atoms with E-state index in [4.69, 9.17) is 5.11 Å². The minimum absolute atomic E-state index is 0.104. The average Bonchev–Trinajstić information content (AvgIpc) is 2.75. The number of benzene rings is 1. The normalized spacial score (nSPS) is 11.7. The van der Waals surface area contributed by atoms with Crippen molar-refractivity contribution in [2.45, 2.75) is 19.4 Å². The van der Waals surface area contributed by atoms with E-state index in [2.05, 4.69) is 15.5 Å². The number of nitrogens with zero attached hydrogens (tertiary/aromatic N) is 1. The fourth-order valence-corrected chi connectivity index (χ4v) is 1.50. The highest BCUT2D eigenvalue weighted by molar-refractivity contribution is 5.98. The minimum Gasteiger partial charge on any atom is -0.394 e. The molecule has 1 amide bonds. The predicted molar refractivity (Wildman–Crippen MR) is 64.7 cm³/mol. The maximum Gasteiger partial charge on any atom is 0.251 e. The first kappa shape index (κ1) is 11.6. The lowest BCUT2D eigenvalue weighted by atomic mass is 10.1. The molecule has 0 saturated heterocycles. The van der Waals surface area contributed by atoms with Crippen molar-refractivity contribution in [1.29, 1.82) is 0 Å². The van der Waals surface area contributed by atoms with E-state index >= 15 is 0 Å². The van der Waals surface area contributed by atoms with Gasteiger partial charge in [-0.25, -0.2) is 0 Å². The summed E-state index contributed by atoms with van der Waals surface area (Å²) in [5, 5.41) is 19.5. The van der Waals surface area contributed by atoms with Crippen molar-refractivity contribution in [3.63, 3.8) is 0 Å². The van der Waals surface area contributed by atoms with Gasteiger partial charge in [0.25, 0.3) is 5.91 Å². The third kappa shape index (κ3) is 2.45. The molecule has 2 aromatic rings. The third-order valence-corrected chi connectivity index (χ3v) is 2.55. The summed E-state index contributed by atoms with van der Waals surface area (Å²) in [6.45, 7) is 3.43. The number of aliphatic hydroxyl groups excluding tert-OH is 1. The van der Waals surface area contributed by atoms with E-state index in [0.29, 0.717) is 5.56 Å². The Morgan fingerprint density at radius 2 is 2.29 bits per heavy atom. The second-order valence-electron chi connectivity index (χ2n) is 4.67. The number of hydrogen-bond donors (Lipinski definition) is 3. The standard InChI is InChI=1S/C12H15N3O2/c1-12(2,7-16)14-11(17)8-3-4-10-9(5-8)6-13-15-10/h3-6,16H,7H2,1-2H3,(H,13,15)(H,14,17). The lowest BCUT2D eigenvalue weighted by Gasteiger charge is -2.23. The Kier molecular flexibility index (Phi) is 2.85. The van der Waals surface area contributed by atoms with Crippen LogP contribution in [0.1, 0.15) is 24.2 Å². The number of aromatic amines is 1. The summed E-state index contributed by atoms with van der Waals surface area (Å²) in [6.07, 6.45) is 1.67. The van der Waals surface area contributed by atoms with Gasteiger partial charge in [0.05, 0.1) is 23.9 Å². The molecule has 0 saturated carbocycles. The Morgan fingerprint density at radius 1 is 1.53 bits per heavy atom. The van der Waals surface area contributed by atoms with E-state index in [9.17, 15) is 4.79 Å². The lowest BCUT2D eigenvalue weighted by Crippen LogP contribution is -2.46. The van der Waals surface area contributed by atoms with Crippen LogP contribution in [0.3, 0.4) is 0 Å². The molecule has 0 aliphatic carbocycles. The zero-order valence-electron chi connectivity index (χ0n) is 9.82. The van der Waals surface area contributed by atoms with Crippen LogP contribution in [0, 0.1) is 0 Å². The quantitative estimate of drug-likeness (QED) is 0.741. The van der Waals surface area contributed by atoms with Crippen LogP contribution < -0.4 is 5.32 Å². The maximum atomic E-state index is 11.9. The summed E-state index contributed by atoms with van der Waals surface area (Å²) in [4.78, 5) is 11.9. The predicted octanol–water partition coefficient (Wildman–Crippen LogP) is 1.06. The summed E-state index contributed by atoms with van der Waals surface area (Å²) >= 11 is 0. The highest BCUT2D eigenvalue weighted by Gasteiger charge is 2.20. The summed E-state index contributed by atoms with van der Waals surface area (Å²) in [5.41, 5.74) is 0.825. The van der Waals surface area contributed by atoms with Crippen molar-refractivity contribution in [1.82, 2.24) is 15.5 Å². The Hall–Kier alpha value is -1.88. The minimum atomic E-state index is -0.623. The molecule has 5 nitrogen and oxygen atoms in total. The van der Waals surface area contributed by atoms with Gasteiger partial charge in [0.2, 0.25) is 0 Å². The van der Waals surface area contributed by atoms with Crippen molar-refractivity contribution >= 4 is 16.8 Å². The first-order valence-corrected chi connectivity index (χ1v) is 5.38. The summed E-state index contributed by atoms with van der Waals surface area (Å²) in [5.74, 6) is -0.202. The molecule has 0 aliphatic heterocycles. The van der Waals surface area contributed by atoms with Gasteiger partial charge in [0.1, 0.15) is 0 Å². The molecule has 5 heteroatoms. The van der Waals surface area contributed by atoms with Crippen LogP contribution in [0.15, 0.2) is 24.4 Å². The Balaban J connectivity index is 2.24. The van der Waals surface area contributed by atoms with Crippen molar-refractivity contribution in [3.8, 4) is 0 Å². The Morgan fingerprint density at radius 3 is 3.00 bits per heavy atom. The van der Waals surface area contributed by atoms with Gasteiger partial charge in [-0.2, -0.15) is 5.10 Å². The molecule has 0 unspecified atom stereocenters. The molecule has 1 aromatic carbocycles. The molecule has 2 rings (SSSR count). The summed E-state index contributed by atoms with van der Waals surface area (Å²) in [6, 6.07) is 5.30. The molecule has 1 aromatic heterocycles. The number of hydrogen-bond acceptors (Lipinski definition) is 3. The van der Waals surface area contributed by atoms with Crippen LogP contribution in [0.5, 0.6) is 0 Å². The molecule has 0 atom stereocenters. The number of rotatable bonds is 3. The lowest BCUT2D eigenvalue weighted by molar-refractivity contribution is 0.0869. The molecular formula is C12H15N3O2. The fourth-order valence-electron chi connectivity index (χ4n) is 1.50. The molecule has 0 bridgehead atoms. The molecular weight excluding hydrogens is 218 g/mol. The van der Waals surface area contributed by atoms with Gasteiger partial charge < -0.3 is 10.4 Å². The van der Waals surface area contributed by atoms with Gasteiger partial charge in [-0.1, -0.05) is 0 Å². The second-order valence-corrected chi connectivity index (χ2v) is 4.67. The van der Waals surface area contributed by atoms with E-state index in [0.717, 1.165) is 10.9 Å². The van der Waals surface area contributed by atoms with E-state index in [1.807, 2.05) is 6.07 Å². The fraction of sp³-hybridized carbons (Fsp3) is 0.333. The Bertz CT molecular complexity index is 545. The number of H-pyrrole nitrogens is 1. The molecule has 0 fully saturated rings. The number of carbonyl (C=O) groups is 1. The summed E-state index contributed by atoms with van der Waals surface area (Å²) in [7, 11) is 0. The number of amides is 1. The zero-order valence-corrected chi connectivity index (χ0v) is 9.82. The Labute approximate surface area is 98.8 Å². The monoisotopic (exact) mass is 233 g/mol. The highest BCUT2D eigenvalue weighted by Crippen LogP contribution is 2.13. The molecule has 1 heterocycles. The van der Waals surface area contributed by atoms with Crippen molar-refractivity contribution < 1.29 is 9.90 Å². The molecule has 17 heavy (non-hydrogen) atoms. The molecule has 3 N–H and O–H groups in total. The SMILES string of the molecule is CC(C)(CO)NC(=O)c1ccc2[nH]ncc2c1. The molecule has 0 spiro atoms. The van der Waals surface area contributed by atoms with Gasteiger partial charge in [-0.15, -0.1) is 0 Å². The highest BCUT2D eigenvalue weighted by atomic mass is 16.3. The van der Waals surface area contributed by atoms with Gasteiger partial charge >= 0.3 is 0 Å². The van der Waals surface area contributed by atoms with Crippen molar-refractivity contribution in [2.75, 3.05) is 6.61 Å². The van der Waals surface area contributed by atoms with Gasteiger partial charge in [0, 0.05) is 10.9 Å². The van der Waals surface area contributed by atoms with Gasteiger partial charge in [-0.3, -0.25) is 9.89 Å². The number of nitrogens with one attached hydrogen (secondary N) is 2.